The summed E-state index contributed by atoms with van der Waals surface area (Å²) in [4.78, 5) is 10.9. The first-order valence-electron chi connectivity index (χ1n) is 10.0. The van der Waals surface area contributed by atoms with E-state index in [4.69, 9.17) is 0 Å². The van der Waals surface area contributed by atoms with Gasteiger partial charge in [0.2, 0.25) is 5.82 Å². The van der Waals surface area contributed by atoms with Gasteiger partial charge in [-0.25, -0.2) is 57.1 Å². The fourth-order valence-electron chi connectivity index (χ4n) is 3.48. The van der Waals surface area contributed by atoms with E-state index in [1.54, 1.807) is 0 Å². The number of carbonyl (C=O) groups excluding carboxylic acids is 1. The van der Waals surface area contributed by atoms with E-state index in [9.17, 15) is 61.9 Å². The smallest absolute Gasteiger partial charge is 0.200 e. The van der Waals surface area contributed by atoms with Crippen LogP contribution >= 0.6 is 11.8 Å². The summed E-state index contributed by atoms with van der Waals surface area (Å²) in [7, 11) is 0. The second-order valence-electron chi connectivity index (χ2n) is 7.50. The highest BCUT2D eigenvalue weighted by molar-refractivity contribution is 8.13. The Morgan fingerprint density at radius 2 is 0.737 bits per heavy atom. The number of hydrogen-bond donors (Lipinski definition) is 0. The third-order valence-corrected chi connectivity index (χ3v) is 6.10. The minimum atomic E-state index is -2.90. The molecule has 0 aliphatic rings. The Balaban J connectivity index is 2.28. The van der Waals surface area contributed by atoms with Crippen LogP contribution in [0.25, 0.3) is 22.3 Å². The van der Waals surface area contributed by atoms with E-state index < -0.39 is 110 Å². The zero-order chi connectivity index (χ0) is 28.8. The Morgan fingerprint density at radius 1 is 0.474 bits per heavy atom. The molecule has 0 heterocycles. The van der Waals surface area contributed by atoms with Gasteiger partial charge in [0.05, 0.1) is 22.3 Å². The van der Waals surface area contributed by atoms with Crippen molar-refractivity contribution < 1.29 is 61.9 Å². The van der Waals surface area contributed by atoms with Crippen LogP contribution in [0.4, 0.5) is 57.1 Å². The summed E-state index contributed by atoms with van der Waals surface area (Å²) in [6.45, 7) is 1.17. The molecule has 38 heavy (non-hydrogen) atoms. The molecular weight excluding hydrogens is 571 g/mol. The molecule has 0 aliphatic carbocycles. The molecule has 0 atom stereocenters. The zero-order valence-corrected chi connectivity index (χ0v) is 19.2. The number of thioether (sulfide) groups is 1. The summed E-state index contributed by atoms with van der Waals surface area (Å²) >= 11 is 0.707. The topological polar surface area (TPSA) is 17.1 Å². The molecule has 15 heteroatoms. The van der Waals surface area contributed by atoms with Crippen LogP contribution in [-0.4, -0.2) is 10.9 Å². The van der Waals surface area contributed by atoms with Gasteiger partial charge in [0.25, 0.3) is 0 Å². The van der Waals surface area contributed by atoms with Crippen LogP contribution in [0.1, 0.15) is 18.9 Å². The second-order valence-corrected chi connectivity index (χ2v) is 8.78. The zero-order valence-electron chi connectivity index (χ0n) is 18.4. The molecule has 0 aromatic heterocycles. The van der Waals surface area contributed by atoms with E-state index in [0.717, 1.165) is 0 Å². The van der Waals surface area contributed by atoms with Crippen molar-refractivity contribution in [1.82, 2.24) is 0 Å². The van der Waals surface area contributed by atoms with Crippen LogP contribution < -0.4 is 0 Å². The van der Waals surface area contributed by atoms with Crippen molar-refractivity contribution in [3.8, 4) is 22.3 Å². The van der Waals surface area contributed by atoms with Crippen molar-refractivity contribution >= 4 is 16.9 Å². The van der Waals surface area contributed by atoms with Gasteiger partial charge in [-0.3, -0.25) is 4.79 Å². The highest BCUT2D eigenvalue weighted by Gasteiger charge is 2.37. The van der Waals surface area contributed by atoms with E-state index in [-0.39, 0.29) is 17.3 Å². The van der Waals surface area contributed by atoms with E-state index in [0.29, 0.717) is 11.8 Å². The molecule has 204 valence electrons. The first kappa shape index (κ1) is 29.3. The van der Waals surface area contributed by atoms with E-state index in [1.807, 2.05) is 0 Å². The molecule has 3 rings (SSSR count). The molecular formula is C23H9F13OS. The first-order chi connectivity index (χ1) is 17.6. The summed E-state index contributed by atoms with van der Waals surface area (Å²) < 4.78 is 186. The Labute approximate surface area is 208 Å². The monoisotopic (exact) mass is 580 g/mol. The normalized spacial score (nSPS) is 11.4. The highest BCUT2D eigenvalue weighted by atomic mass is 32.2. The highest BCUT2D eigenvalue weighted by Crippen LogP contribution is 2.42. The molecule has 0 unspecified atom stereocenters. The quantitative estimate of drug-likeness (QED) is 0.127. The molecule has 3 aromatic carbocycles. The summed E-state index contributed by atoms with van der Waals surface area (Å²) in [5.41, 5.74) is -10.9. The van der Waals surface area contributed by atoms with Gasteiger partial charge in [-0.15, -0.1) is 0 Å². The van der Waals surface area contributed by atoms with Crippen molar-refractivity contribution in [3.63, 3.8) is 0 Å². The lowest BCUT2D eigenvalue weighted by Crippen LogP contribution is -2.12. The van der Waals surface area contributed by atoms with E-state index >= 15 is 0 Å². The maximum atomic E-state index is 14.8. The molecule has 0 spiro atoms. The third kappa shape index (κ3) is 4.71. The van der Waals surface area contributed by atoms with Gasteiger partial charge in [-0.2, -0.15) is 0 Å². The van der Waals surface area contributed by atoms with Crippen molar-refractivity contribution in [1.29, 1.82) is 0 Å². The third-order valence-electron chi connectivity index (χ3n) is 5.20. The van der Waals surface area contributed by atoms with Crippen LogP contribution in [0.5, 0.6) is 0 Å². The van der Waals surface area contributed by atoms with Gasteiger partial charge in [0, 0.05) is 18.2 Å². The van der Waals surface area contributed by atoms with Crippen molar-refractivity contribution in [2.24, 2.45) is 0 Å². The van der Waals surface area contributed by atoms with Gasteiger partial charge >= 0.3 is 0 Å². The molecule has 0 saturated heterocycles. The van der Waals surface area contributed by atoms with Crippen molar-refractivity contribution in [2.75, 3.05) is 5.75 Å². The molecule has 0 bridgehead atoms. The molecule has 0 aliphatic heterocycles. The largest absolute Gasteiger partial charge is 0.288 e. The summed E-state index contributed by atoms with van der Waals surface area (Å²) in [6.07, 6.45) is -0.933. The Morgan fingerprint density at radius 3 is 1.05 bits per heavy atom. The maximum Gasteiger partial charge on any atom is 0.200 e. The average molecular weight is 580 g/mol. The lowest BCUT2D eigenvalue weighted by Gasteiger charge is -2.17. The average Bonchev–Trinajstić information content (AvgIpc) is 2.87. The molecule has 0 saturated carbocycles. The number of benzene rings is 3. The van der Waals surface area contributed by atoms with Crippen LogP contribution in [0.15, 0.2) is 0 Å². The van der Waals surface area contributed by atoms with Crippen LogP contribution in [-0.2, 0) is 11.2 Å². The van der Waals surface area contributed by atoms with E-state index in [2.05, 4.69) is 0 Å². The van der Waals surface area contributed by atoms with Gasteiger partial charge < -0.3 is 0 Å². The molecule has 0 N–H and O–H groups in total. The minimum absolute atomic E-state index is 0.0436. The Hall–Kier alpha value is -3.23. The predicted molar refractivity (Wildman–Crippen MR) is 108 cm³/mol. The molecule has 1 nitrogen and oxygen atoms in total. The van der Waals surface area contributed by atoms with Crippen LogP contribution in [0, 0.1) is 75.6 Å². The number of carbonyl (C=O) groups is 1. The Bertz CT molecular complexity index is 1400. The fraction of sp³-hybridized carbons (Fsp3) is 0.174. The van der Waals surface area contributed by atoms with Crippen LogP contribution in [0.3, 0.4) is 0 Å². The molecule has 3 aromatic rings. The lowest BCUT2D eigenvalue weighted by molar-refractivity contribution is -0.109. The summed E-state index contributed by atoms with van der Waals surface area (Å²) in [6, 6.07) is 0. The lowest BCUT2D eigenvalue weighted by atomic mass is 9.94. The first-order valence-corrected chi connectivity index (χ1v) is 11.0. The van der Waals surface area contributed by atoms with Gasteiger partial charge in [-0.1, -0.05) is 11.8 Å². The standard InChI is InChI=1S/C23H9F13OS/c1-5(37)38-4-2-3-6-11(24)13(26)7(14(27)12(6)25)8-15(28)17(30)9(18(31)16(8)29)10-19(32)21(34)23(36)22(35)20(10)33/h2-4H2,1H3. The predicted octanol–water partition coefficient (Wildman–Crippen LogP) is 8.04. The van der Waals surface area contributed by atoms with Gasteiger partial charge in [-0.05, 0) is 12.8 Å². The molecule has 0 amide bonds. The SMILES string of the molecule is CC(=O)SCCCc1c(F)c(F)c(-c2c(F)c(F)c(-c3c(F)c(F)c(F)c(F)c3F)c(F)c2F)c(F)c1F. The minimum Gasteiger partial charge on any atom is -0.288 e. The number of halogens is 13. The van der Waals surface area contributed by atoms with Crippen LogP contribution in [0.2, 0.25) is 0 Å². The fourth-order valence-corrected chi connectivity index (χ4v) is 4.05. The summed E-state index contributed by atoms with van der Waals surface area (Å²) in [5, 5.41) is -0.386. The Kier molecular flexibility index (Phi) is 8.39. The number of rotatable bonds is 6. The van der Waals surface area contributed by atoms with E-state index in [1.165, 1.54) is 6.92 Å². The second kappa shape index (κ2) is 10.9. The van der Waals surface area contributed by atoms with Gasteiger partial charge in [0.15, 0.2) is 74.9 Å². The number of hydrogen-bond acceptors (Lipinski definition) is 2. The maximum absolute atomic E-state index is 14.8. The molecule has 0 fully saturated rings. The van der Waals surface area contributed by atoms with Gasteiger partial charge in [0.1, 0.15) is 0 Å². The van der Waals surface area contributed by atoms with Crippen molar-refractivity contribution in [3.05, 3.63) is 81.2 Å². The summed E-state index contributed by atoms with van der Waals surface area (Å²) in [5.74, 6) is -35.1. The van der Waals surface area contributed by atoms with Crippen molar-refractivity contribution in [2.45, 2.75) is 19.8 Å². The molecule has 0 radical (unpaired) electrons.